The average Bonchev–Trinajstić information content (AvgIpc) is 2.46. The van der Waals surface area contributed by atoms with Crippen LogP contribution in [0, 0.1) is 0 Å². The van der Waals surface area contributed by atoms with Crippen LogP contribution in [0.25, 0.3) is 0 Å². The van der Waals surface area contributed by atoms with Crippen LogP contribution in [0.1, 0.15) is 18.4 Å². The Labute approximate surface area is 113 Å². The van der Waals surface area contributed by atoms with Crippen LogP contribution in [0.15, 0.2) is 36.9 Å². The Morgan fingerprint density at radius 2 is 2.00 bits per heavy atom. The molecule has 2 aromatic rings. The van der Waals surface area contributed by atoms with Crippen LogP contribution in [-0.2, 0) is 0 Å². The number of hydrogen-bond acceptors (Lipinski definition) is 5. The van der Waals surface area contributed by atoms with Gasteiger partial charge in [0.25, 0.3) is 0 Å². The zero-order chi connectivity index (χ0) is 13.7. The van der Waals surface area contributed by atoms with Gasteiger partial charge in [-0.15, -0.1) is 0 Å². The zero-order valence-electron chi connectivity index (χ0n) is 11.5. The number of pyridine rings is 1. The van der Waals surface area contributed by atoms with Gasteiger partial charge < -0.3 is 10.2 Å². The van der Waals surface area contributed by atoms with Gasteiger partial charge in [0, 0.05) is 39.2 Å². The summed E-state index contributed by atoms with van der Waals surface area (Å²) in [6.07, 6.45) is 7.00. The molecule has 0 aliphatic carbocycles. The van der Waals surface area contributed by atoms with Crippen LogP contribution < -0.4 is 10.2 Å². The predicted octanol–water partition coefficient (Wildman–Crippen LogP) is 2.15. The van der Waals surface area contributed by atoms with Gasteiger partial charge in [-0.25, -0.2) is 9.97 Å². The van der Waals surface area contributed by atoms with E-state index in [2.05, 4.69) is 33.3 Å². The average molecular weight is 257 g/mol. The van der Waals surface area contributed by atoms with E-state index in [1.807, 2.05) is 31.3 Å². The maximum absolute atomic E-state index is 4.42. The first-order valence-corrected chi connectivity index (χ1v) is 6.30. The van der Waals surface area contributed by atoms with Crippen LogP contribution in [0.3, 0.4) is 0 Å². The maximum atomic E-state index is 4.42. The van der Waals surface area contributed by atoms with Crippen molar-refractivity contribution in [2.24, 2.45) is 0 Å². The third-order valence-corrected chi connectivity index (χ3v) is 2.95. The molecular formula is C14H19N5. The highest BCUT2D eigenvalue weighted by Gasteiger charge is 2.07. The molecule has 0 amide bonds. The van der Waals surface area contributed by atoms with E-state index in [1.165, 1.54) is 5.56 Å². The number of nitrogens with one attached hydrogen (secondary N) is 1. The third kappa shape index (κ3) is 3.64. The van der Waals surface area contributed by atoms with E-state index >= 15 is 0 Å². The van der Waals surface area contributed by atoms with Gasteiger partial charge >= 0.3 is 0 Å². The quantitative estimate of drug-likeness (QED) is 0.889. The van der Waals surface area contributed by atoms with Crippen LogP contribution in [0.5, 0.6) is 0 Å². The smallest absolute Gasteiger partial charge is 0.144 e. The standard InChI is InChI=1S/C14H19N5/c1-11(8-17-13-10-15-6-7-16-13)12-4-5-14(18-9-12)19(2)3/h4-7,9-11H,8H2,1-3H3,(H,16,17). The molecule has 100 valence electrons. The number of rotatable bonds is 5. The number of anilines is 2. The number of nitrogens with zero attached hydrogens (tertiary/aromatic N) is 4. The molecule has 1 N–H and O–H groups in total. The number of aromatic nitrogens is 3. The lowest BCUT2D eigenvalue weighted by Crippen LogP contribution is -2.13. The molecule has 2 heterocycles. The Bertz CT molecular complexity index is 495. The molecule has 1 atom stereocenters. The predicted molar refractivity (Wildman–Crippen MR) is 77.5 cm³/mol. The Hall–Kier alpha value is -2.17. The molecule has 0 spiro atoms. The largest absolute Gasteiger partial charge is 0.368 e. The minimum absolute atomic E-state index is 0.366. The fourth-order valence-electron chi connectivity index (χ4n) is 1.72. The van der Waals surface area contributed by atoms with Crippen molar-refractivity contribution in [3.05, 3.63) is 42.5 Å². The van der Waals surface area contributed by atoms with Crippen molar-refractivity contribution in [2.45, 2.75) is 12.8 Å². The van der Waals surface area contributed by atoms with Gasteiger partial charge in [0.15, 0.2) is 0 Å². The highest BCUT2D eigenvalue weighted by Crippen LogP contribution is 2.17. The molecule has 0 aromatic carbocycles. The summed E-state index contributed by atoms with van der Waals surface area (Å²) < 4.78 is 0. The van der Waals surface area contributed by atoms with Crippen molar-refractivity contribution < 1.29 is 0 Å². The summed E-state index contributed by atoms with van der Waals surface area (Å²) in [6, 6.07) is 4.15. The van der Waals surface area contributed by atoms with Gasteiger partial charge in [0.1, 0.15) is 11.6 Å². The van der Waals surface area contributed by atoms with Crippen molar-refractivity contribution in [1.82, 2.24) is 15.0 Å². The van der Waals surface area contributed by atoms with Crippen LogP contribution >= 0.6 is 0 Å². The molecule has 5 nitrogen and oxygen atoms in total. The van der Waals surface area contributed by atoms with Crippen molar-refractivity contribution in [1.29, 1.82) is 0 Å². The second kappa shape index (κ2) is 6.13. The van der Waals surface area contributed by atoms with Gasteiger partial charge in [-0.3, -0.25) is 4.98 Å². The van der Waals surface area contributed by atoms with Crippen molar-refractivity contribution in [3.8, 4) is 0 Å². The number of hydrogen-bond donors (Lipinski definition) is 1. The Kier molecular flexibility index (Phi) is 4.28. The topological polar surface area (TPSA) is 53.9 Å². The summed E-state index contributed by atoms with van der Waals surface area (Å²) in [5.74, 6) is 2.13. The van der Waals surface area contributed by atoms with E-state index < -0.39 is 0 Å². The van der Waals surface area contributed by atoms with Gasteiger partial charge in [-0.05, 0) is 17.5 Å². The molecule has 1 unspecified atom stereocenters. The Morgan fingerprint density at radius 1 is 1.16 bits per heavy atom. The third-order valence-electron chi connectivity index (χ3n) is 2.95. The summed E-state index contributed by atoms with van der Waals surface area (Å²) in [5, 5.41) is 3.27. The highest BCUT2D eigenvalue weighted by molar-refractivity contribution is 5.38. The Morgan fingerprint density at radius 3 is 2.58 bits per heavy atom. The van der Waals surface area contributed by atoms with E-state index in [4.69, 9.17) is 0 Å². The van der Waals surface area contributed by atoms with Gasteiger partial charge in [-0.2, -0.15) is 0 Å². The lowest BCUT2D eigenvalue weighted by Gasteiger charge is -2.15. The molecular weight excluding hydrogens is 238 g/mol. The lowest BCUT2D eigenvalue weighted by atomic mass is 10.0. The van der Waals surface area contributed by atoms with E-state index in [0.717, 1.165) is 18.2 Å². The molecule has 19 heavy (non-hydrogen) atoms. The SMILES string of the molecule is CC(CNc1cnccn1)c1ccc(N(C)C)nc1. The molecule has 0 aliphatic heterocycles. The normalized spacial score (nSPS) is 11.9. The minimum Gasteiger partial charge on any atom is -0.368 e. The van der Waals surface area contributed by atoms with Gasteiger partial charge in [-0.1, -0.05) is 13.0 Å². The van der Waals surface area contributed by atoms with E-state index in [0.29, 0.717) is 5.92 Å². The van der Waals surface area contributed by atoms with Crippen LogP contribution in [-0.4, -0.2) is 35.6 Å². The fourth-order valence-corrected chi connectivity index (χ4v) is 1.72. The van der Waals surface area contributed by atoms with Crippen molar-refractivity contribution >= 4 is 11.6 Å². The van der Waals surface area contributed by atoms with Gasteiger partial charge in [0.2, 0.25) is 0 Å². The summed E-state index contributed by atoms with van der Waals surface area (Å²) in [6.45, 7) is 2.97. The van der Waals surface area contributed by atoms with Crippen LogP contribution in [0.4, 0.5) is 11.6 Å². The summed E-state index contributed by atoms with van der Waals surface area (Å²) in [5.41, 5.74) is 1.21. The lowest BCUT2D eigenvalue weighted by molar-refractivity contribution is 0.794. The minimum atomic E-state index is 0.366. The molecule has 0 fully saturated rings. The zero-order valence-corrected chi connectivity index (χ0v) is 11.5. The summed E-state index contributed by atoms with van der Waals surface area (Å²) in [7, 11) is 3.97. The first-order valence-electron chi connectivity index (χ1n) is 6.30. The second-order valence-corrected chi connectivity index (χ2v) is 4.72. The molecule has 0 bridgehead atoms. The fraction of sp³-hybridized carbons (Fsp3) is 0.357. The van der Waals surface area contributed by atoms with E-state index in [1.54, 1.807) is 18.6 Å². The first kappa shape index (κ1) is 13.3. The molecule has 0 saturated heterocycles. The van der Waals surface area contributed by atoms with E-state index in [-0.39, 0.29) is 0 Å². The molecule has 2 aromatic heterocycles. The van der Waals surface area contributed by atoms with Crippen LogP contribution in [0.2, 0.25) is 0 Å². The van der Waals surface area contributed by atoms with Crippen molar-refractivity contribution in [2.75, 3.05) is 30.9 Å². The van der Waals surface area contributed by atoms with E-state index in [9.17, 15) is 0 Å². The highest BCUT2D eigenvalue weighted by atomic mass is 15.1. The monoisotopic (exact) mass is 257 g/mol. The second-order valence-electron chi connectivity index (χ2n) is 4.72. The molecule has 2 rings (SSSR count). The first-order chi connectivity index (χ1) is 9.16. The molecule has 0 saturated carbocycles. The van der Waals surface area contributed by atoms with Gasteiger partial charge in [0.05, 0.1) is 6.20 Å². The molecule has 0 radical (unpaired) electrons. The summed E-state index contributed by atoms with van der Waals surface area (Å²) in [4.78, 5) is 14.6. The molecule has 5 heteroatoms. The van der Waals surface area contributed by atoms with Crippen molar-refractivity contribution in [3.63, 3.8) is 0 Å². The Balaban J connectivity index is 1.94. The summed E-state index contributed by atoms with van der Waals surface area (Å²) >= 11 is 0. The molecule has 0 aliphatic rings. The maximum Gasteiger partial charge on any atom is 0.144 e.